The number of fused-ring (bicyclic) bond motifs is 1. The van der Waals surface area contributed by atoms with Crippen molar-refractivity contribution >= 4 is 32.5 Å². The molecule has 2 rings (SSSR count). The molecule has 0 radical (unpaired) electrons. The number of hydrogen-bond donors (Lipinski definition) is 2. The first-order valence-corrected chi connectivity index (χ1v) is 7.40. The first-order chi connectivity index (χ1) is 9.08. The molecule has 1 aromatic carbocycles. The van der Waals surface area contributed by atoms with Gasteiger partial charge in [-0.2, -0.15) is 0 Å². The lowest BCUT2D eigenvalue weighted by Crippen LogP contribution is -2.42. The lowest BCUT2D eigenvalue weighted by molar-refractivity contribution is 0.477. The molecule has 0 amide bonds. The Labute approximate surface area is 122 Å². The van der Waals surface area contributed by atoms with E-state index >= 15 is 0 Å². The van der Waals surface area contributed by atoms with E-state index in [1.165, 1.54) is 0 Å². The number of nitrogens with zero attached hydrogens (tertiary/aromatic N) is 1. The molecule has 3 N–H and O–H groups in total. The van der Waals surface area contributed by atoms with Crippen LogP contribution in [0.5, 0.6) is 0 Å². The van der Waals surface area contributed by atoms with E-state index < -0.39 is 0 Å². The average Bonchev–Trinajstić information content (AvgIpc) is 2.39. The second-order valence-electron chi connectivity index (χ2n) is 5.17. The first kappa shape index (κ1) is 14.3. The Hall–Kier alpha value is -1.13. The standard InChI is InChI=1S/C15H20BrN3/c1-3-7-15(2,10-17)19-13-6-4-5-11-8-12(16)9-18-14(11)13/h4-6,8-9,19H,3,7,10,17H2,1-2H3. The Bertz CT molecular complexity index is 570. The lowest BCUT2D eigenvalue weighted by atomic mass is 9.95. The van der Waals surface area contributed by atoms with Gasteiger partial charge in [0.2, 0.25) is 0 Å². The van der Waals surface area contributed by atoms with Crippen LogP contribution in [0, 0.1) is 0 Å². The monoisotopic (exact) mass is 321 g/mol. The van der Waals surface area contributed by atoms with Crippen molar-refractivity contribution in [2.45, 2.75) is 32.2 Å². The third-order valence-electron chi connectivity index (χ3n) is 3.37. The predicted molar refractivity (Wildman–Crippen MR) is 85.4 cm³/mol. The first-order valence-electron chi connectivity index (χ1n) is 6.60. The fourth-order valence-electron chi connectivity index (χ4n) is 2.33. The van der Waals surface area contributed by atoms with Crippen molar-refractivity contribution in [1.82, 2.24) is 4.98 Å². The number of rotatable bonds is 5. The SMILES string of the molecule is CCCC(C)(CN)Nc1cccc2cc(Br)cnc12. The zero-order valence-corrected chi connectivity index (χ0v) is 13.0. The number of benzene rings is 1. The topological polar surface area (TPSA) is 50.9 Å². The highest BCUT2D eigenvalue weighted by Crippen LogP contribution is 2.27. The molecule has 0 saturated carbocycles. The molecular weight excluding hydrogens is 302 g/mol. The molecule has 0 saturated heterocycles. The summed E-state index contributed by atoms with van der Waals surface area (Å²) in [6.07, 6.45) is 3.97. The molecule has 19 heavy (non-hydrogen) atoms. The van der Waals surface area contributed by atoms with E-state index in [-0.39, 0.29) is 5.54 Å². The molecule has 0 fully saturated rings. The van der Waals surface area contributed by atoms with Crippen LogP contribution in [0.1, 0.15) is 26.7 Å². The van der Waals surface area contributed by atoms with Gasteiger partial charge in [0.1, 0.15) is 0 Å². The molecule has 0 aliphatic rings. The van der Waals surface area contributed by atoms with Crippen molar-refractivity contribution in [2.24, 2.45) is 5.73 Å². The summed E-state index contributed by atoms with van der Waals surface area (Å²) in [6.45, 7) is 4.94. The van der Waals surface area contributed by atoms with Crippen LogP contribution in [-0.2, 0) is 0 Å². The molecule has 2 aromatic rings. The number of halogens is 1. The predicted octanol–water partition coefficient (Wildman–Crippen LogP) is 3.93. The van der Waals surface area contributed by atoms with Gasteiger partial charge in [-0.25, -0.2) is 0 Å². The van der Waals surface area contributed by atoms with Crippen molar-refractivity contribution in [1.29, 1.82) is 0 Å². The Morgan fingerprint density at radius 2 is 2.21 bits per heavy atom. The maximum Gasteiger partial charge on any atom is 0.0934 e. The van der Waals surface area contributed by atoms with Gasteiger partial charge in [-0.1, -0.05) is 25.5 Å². The van der Waals surface area contributed by atoms with E-state index in [1.54, 1.807) is 0 Å². The quantitative estimate of drug-likeness (QED) is 0.877. The Morgan fingerprint density at radius 1 is 1.42 bits per heavy atom. The minimum atomic E-state index is -0.0855. The van der Waals surface area contributed by atoms with E-state index in [0.29, 0.717) is 6.54 Å². The van der Waals surface area contributed by atoms with Crippen LogP contribution in [0.4, 0.5) is 5.69 Å². The lowest BCUT2D eigenvalue weighted by Gasteiger charge is -2.30. The largest absolute Gasteiger partial charge is 0.377 e. The highest BCUT2D eigenvalue weighted by Gasteiger charge is 2.21. The number of pyridine rings is 1. The minimum Gasteiger partial charge on any atom is -0.377 e. The molecular formula is C15H20BrN3. The number of anilines is 1. The number of para-hydroxylation sites is 1. The van der Waals surface area contributed by atoms with Crippen molar-refractivity contribution in [3.8, 4) is 0 Å². The van der Waals surface area contributed by atoms with Gasteiger partial charge < -0.3 is 11.1 Å². The zero-order valence-electron chi connectivity index (χ0n) is 11.4. The maximum absolute atomic E-state index is 5.92. The molecule has 0 aliphatic heterocycles. The molecule has 4 heteroatoms. The van der Waals surface area contributed by atoms with Crippen molar-refractivity contribution in [3.05, 3.63) is 34.9 Å². The molecule has 1 heterocycles. The highest BCUT2D eigenvalue weighted by molar-refractivity contribution is 9.10. The van der Waals surface area contributed by atoms with Gasteiger partial charge in [0, 0.05) is 28.1 Å². The van der Waals surface area contributed by atoms with E-state index in [4.69, 9.17) is 5.73 Å². The molecule has 102 valence electrons. The molecule has 3 nitrogen and oxygen atoms in total. The summed E-state index contributed by atoms with van der Waals surface area (Å²) in [4.78, 5) is 4.51. The minimum absolute atomic E-state index is 0.0855. The third-order valence-corrected chi connectivity index (χ3v) is 3.80. The molecule has 1 aromatic heterocycles. The van der Waals surface area contributed by atoms with E-state index in [1.807, 2.05) is 12.3 Å². The van der Waals surface area contributed by atoms with Gasteiger partial charge in [0.25, 0.3) is 0 Å². The average molecular weight is 322 g/mol. The second-order valence-corrected chi connectivity index (χ2v) is 6.09. The Kier molecular flexibility index (Phi) is 4.42. The molecule has 0 spiro atoms. The summed E-state index contributed by atoms with van der Waals surface area (Å²) in [5.41, 5.74) is 7.87. The Balaban J connectivity index is 2.40. The smallest absolute Gasteiger partial charge is 0.0934 e. The second kappa shape index (κ2) is 5.88. The van der Waals surface area contributed by atoms with Gasteiger partial charge in [0.05, 0.1) is 11.2 Å². The van der Waals surface area contributed by atoms with Gasteiger partial charge in [-0.05, 0) is 41.4 Å². The fraction of sp³-hybridized carbons (Fsp3) is 0.400. The van der Waals surface area contributed by atoms with E-state index in [0.717, 1.165) is 33.9 Å². The molecule has 0 aliphatic carbocycles. The maximum atomic E-state index is 5.92. The molecule has 1 atom stereocenters. The van der Waals surface area contributed by atoms with Crippen LogP contribution in [0.3, 0.4) is 0 Å². The number of nitrogens with two attached hydrogens (primary N) is 1. The Morgan fingerprint density at radius 3 is 2.89 bits per heavy atom. The summed E-state index contributed by atoms with van der Waals surface area (Å²) in [7, 11) is 0. The van der Waals surface area contributed by atoms with Gasteiger partial charge in [-0.3, -0.25) is 4.98 Å². The van der Waals surface area contributed by atoms with Crippen LogP contribution in [0.25, 0.3) is 10.9 Å². The number of aromatic nitrogens is 1. The van der Waals surface area contributed by atoms with E-state index in [2.05, 4.69) is 58.3 Å². The van der Waals surface area contributed by atoms with Crippen molar-refractivity contribution in [3.63, 3.8) is 0 Å². The summed E-state index contributed by atoms with van der Waals surface area (Å²) in [6, 6.07) is 8.25. The highest BCUT2D eigenvalue weighted by atomic mass is 79.9. The number of hydrogen-bond acceptors (Lipinski definition) is 3. The molecule has 0 bridgehead atoms. The van der Waals surface area contributed by atoms with Crippen LogP contribution >= 0.6 is 15.9 Å². The van der Waals surface area contributed by atoms with Crippen LogP contribution < -0.4 is 11.1 Å². The summed E-state index contributed by atoms with van der Waals surface area (Å²) >= 11 is 3.45. The van der Waals surface area contributed by atoms with Crippen LogP contribution in [0.15, 0.2) is 34.9 Å². The normalized spacial score (nSPS) is 14.3. The van der Waals surface area contributed by atoms with Gasteiger partial charge in [0.15, 0.2) is 0 Å². The third kappa shape index (κ3) is 3.25. The number of nitrogens with one attached hydrogen (secondary N) is 1. The fourth-order valence-corrected chi connectivity index (χ4v) is 2.68. The molecule has 1 unspecified atom stereocenters. The summed E-state index contributed by atoms with van der Waals surface area (Å²) in [5, 5.41) is 4.69. The van der Waals surface area contributed by atoms with Gasteiger partial charge >= 0.3 is 0 Å². The zero-order chi connectivity index (χ0) is 13.9. The van der Waals surface area contributed by atoms with Gasteiger partial charge in [-0.15, -0.1) is 0 Å². The van der Waals surface area contributed by atoms with Crippen LogP contribution in [-0.4, -0.2) is 17.1 Å². The van der Waals surface area contributed by atoms with E-state index in [9.17, 15) is 0 Å². The van der Waals surface area contributed by atoms with Crippen molar-refractivity contribution in [2.75, 3.05) is 11.9 Å². The van der Waals surface area contributed by atoms with Crippen molar-refractivity contribution < 1.29 is 0 Å². The van der Waals surface area contributed by atoms with Crippen LogP contribution in [0.2, 0.25) is 0 Å². The summed E-state index contributed by atoms with van der Waals surface area (Å²) < 4.78 is 0.993. The summed E-state index contributed by atoms with van der Waals surface area (Å²) in [5.74, 6) is 0.